The van der Waals surface area contributed by atoms with E-state index in [1.54, 1.807) is 7.11 Å². The summed E-state index contributed by atoms with van der Waals surface area (Å²) in [6, 6.07) is 6.59. The van der Waals surface area contributed by atoms with Gasteiger partial charge in [-0.25, -0.2) is 0 Å². The summed E-state index contributed by atoms with van der Waals surface area (Å²) in [7, 11) is 1.74. The molecule has 1 rings (SSSR count). The lowest BCUT2D eigenvalue weighted by Gasteiger charge is -2.25. The highest BCUT2D eigenvalue weighted by Crippen LogP contribution is 2.22. The van der Waals surface area contributed by atoms with E-state index in [9.17, 15) is 0 Å². The zero-order valence-electron chi connectivity index (χ0n) is 11.2. The van der Waals surface area contributed by atoms with Gasteiger partial charge in [-0.3, -0.25) is 0 Å². The highest BCUT2D eigenvalue weighted by Gasteiger charge is 2.09. The van der Waals surface area contributed by atoms with Gasteiger partial charge in [0.1, 0.15) is 0 Å². The minimum absolute atomic E-state index is 0.693. The average Bonchev–Trinajstić information content (AvgIpc) is 2.32. The summed E-state index contributed by atoms with van der Waals surface area (Å²) < 4.78 is 5.15. The smallest absolute Gasteiger partial charge is 0.0637 e. The molecule has 17 heavy (non-hydrogen) atoms. The lowest BCUT2D eigenvalue weighted by molar-refractivity contribution is 0.205. The van der Waals surface area contributed by atoms with Crippen molar-refractivity contribution in [3.63, 3.8) is 0 Å². The highest BCUT2D eigenvalue weighted by molar-refractivity contribution is 5.55. The molecule has 0 spiro atoms. The lowest BCUT2D eigenvalue weighted by atomic mass is 10.1. The van der Waals surface area contributed by atoms with Crippen molar-refractivity contribution in [3.8, 4) is 0 Å². The van der Waals surface area contributed by atoms with Crippen molar-refractivity contribution in [1.29, 1.82) is 0 Å². The molecule has 0 fully saturated rings. The van der Waals surface area contributed by atoms with Crippen LogP contribution in [-0.4, -0.2) is 33.4 Å². The van der Waals surface area contributed by atoms with Crippen LogP contribution in [0.15, 0.2) is 18.2 Å². The van der Waals surface area contributed by atoms with Crippen molar-refractivity contribution in [2.75, 3.05) is 38.3 Å². The maximum absolute atomic E-state index is 5.68. The van der Waals surface area contributed by atoms with Gasteiger partial charge in [0.25, 0.3) is 0 Å². The van der Waals surface area contributed by atoms with Gasteiger partial charge in [0.05, 0.1) is 6.61 Å². The van der Waals surface area contributed by atoms with Gasteiger partial charge in [-0.2, -0.15) is 0 Å². The summed E-state index contributed by atoms with van der Waals surface area (Å²) in [5.74, 6) is 0. The lowest BCUT2D eigenvalue weighted by Crippen LogP contribution is -2.28. The Morgan fingerprint density at radius 1 is 1.35 bits per heavy atom. The summed E-state index contributed by atoms with van der Waals surface area (Å²) in [6.45, 7) is 7.65. The van der Waals surface area contributed by atoms with Crippen molar-refractivity contribution < 1.29 is 4.74 Å². The molecule has 3 heteroatoms. The Hall–Kier alpha value is -1.06. The molecule has 0 amide bonds. The first-order valence-electron chi connectivity index (χ1n) is 6.26. The fraction of sp³-hybridized carbons (Fsp3) is 0.571. The largest absolute Gasteiger partial charge is 0.383 e. The number of hydrogen-bond donors (Lipinski definition) is 1. The summed E-state index contributed by atoms with van der Waals surface area (Å²) in [5.41, 5.74) is 9.60. The summed E-state index contributed by atoms with van der Waals surface area (Å²) in [5, 5.41) is 0. The molecule has 0 bridgehead atoms. The topological polar surface area (TPSA) is 38.5 Å². The predicted molar refractivity (Wildman–Crippen MR) is 73.7 cm³/mol. The number of anilines is 1. The van der Waals surface area contributed by atoms with E-state index < -0.39 is 0 Å². The second-order valence-electron chi connectivity index (χ2n) is 4.24. The zero-order chi connectivity index (χ0) is 12.7. The molecule has 0 aliphatic carbocycles. The van der Waals surface area contributed by atoms with Crippen LogP contribution in [-0.2, 0) is 11.2 Å². The van der Waals surface area contributed by atoms with Crippen LogP contribution in [0.5, 0.6) is 0 Å². The van der Waals surface area contributed by atoms with Gasteiger partial charge in [-0.1, -0.05) is 17.7 Å². The van der Waals surface area contributed by atoms with Crippen molar-refractivity contribution in [3.05, 3.63) is 29.3 Å². The minimum Gasteiger partial charge on any atom is -0.383 e. The molecule has 96 valence electrons. The second-order valence-corrected chi connectivity index (χ2v) is 4.24. The number of ether oxygens (including phenoxy) is 1. The standard InChI is InChI=1S/C14H24N2O/c1-4-16(9-10-17-3)14-6-5-12(2)11-13(14)7-8-15/h5-6,11H,4,7-10,15H2,1-3H3. The molecule has 0 aromatic heterocycles. The maximum atomic E-state index is 5.68. The molecule has 0 radical (unpaired) electrons. The van der Waals surface area contributed by atoms with Crippen LogP contribution in [0.3, 0.4) is 0 Å². The molecule has 0 aliphatic heterocycles. The Labute approximate surface area is 105 Å². The monoisotopic (exact) mass is 236 g/mol. The van der Waals surface area contributed by atoms with Gasteiger partial charge in [0.15, 0.2) is 0 Å². The van der Waals surface area contributed by atoms with Gasteiger partial charge >= 0.3 is 0 Å². The third kappa shape index (κ3) is 4.02. The number of nitrogens with two attached hydrogens (primary N) is 1. The Kier molecular flexibility index (Phi) is 6.01. The molecule has 3 nitrogen and oxygen atoms in total. The maximum Gasteiger partial charge on any atom is 0.0637 e. The molecule has 1 aromatic carbocycles. The quantitative estimate of drug-likeness (QED) is 0.786. The van der Waals surface area contributed by atoms with Gasteiger partial charge in [-0.05, 0) is 38.4 Å². The number of benzene rings is 1. The number of rotatable bonds is 7. The van der Waals surface area contributed by atoms with Crippen LogP contribution < -0.4 is 10.6 Å². The van der Waals surface area contributed by atoms with Crippen LogP contribution in [0.2, 0.25) is 0 Å². The summed E-state index contributed by atoms with van der Waals surface area (Å²) >= 11 is 0. The van der Waals surface area contributed by atoms with Crippen molar-refractivity contribution in [2.45, 2.75) is 20.3 Å². The molecule has 0 aliphatic rings. The first-order valence-corrected chi connectivity index (χ1v) is 6.26. The number of aryl methyl sites for hydroxylation is 1. The minimum atomic E-state index is 0.693. The number of methoxy groups -OCH3 is 1. The molecule has 0 saturated carbocycles. The fourth-order valence-electron chi connectivity index (χ4n) is 2.03. The molecule has 0 saturated heterocycles. The summed E-state index contributed by atoms with van der Waals surface area (Å²) in [4.78, 5) is 2.34. The van der Waals surface area contributed by atoms with Crippen LogP contribution in [0, 0.1) is 6.92 Å². The fourth-order valence-corrected chi connectivity index (χ4v) is 2.03. The van der Waals surface area contributed by atoms with E-state index in [1.165, 1.54) is 16.8 Å². The Morgan fingerprint density at radius 2 is 2.12 bits per heavy atom. The van der Waals surface area contributed by atoms with Gasteiger partial charge in [-0.15, -0.1) is 0 Å². The third-order valence-corrected chi connectivity index (χ3v) is 2.94. The molecular formula is C14H24N2O. The Morgan fingerprint density at radius 3 is 2.71 bits per heavy atom. The molecule has 1 aromatic rings. The molecular weight excluding hydrogens is 212 g/mol. The van der Waals surface area contributed by atoms with Crippen molar-refractivity contribution in [1.82, 2.24) is 0 Å². The molecule has 0 atom stereocenters. The number of hydrogen-bond acceptors (Lipinski definition) is 3. The predicted octanol–water partition coefficient (Wildman–Crippen LogP) is 1.97. The van der Waals surface area contributed by atoms with E-state index in [1.807, 2.05) is 0 Å². The Bertz CT molecular complexity index is 339. The molecule has 0 unspecified atom stereocenters. The van der Waals surface area contributed by atoms with E-state index in [0.29, 0.717) is 6.54 Å². The van der Waals surface area contributed by atoms with Crippen molar-refractivity contribution >= 4 is 5.69 Å². The van der Waals surface area contributed by atoms with Crippen LogP contribution in [0.1, 0.15) is 18.1 Å². The molecule has 2 N–H and O–H groups in total. The first kappa shape index (κ1) is 14.0. The van der Waals surface area contributed by atoms with E-state index in [2.05, 4.69) is 36.9 Å². The number of likely N-dealkylation sites (N-methyl/N-ethyl adjacent to an activating group) is 1. The van der Waals surface area contributed by atoms with E-state index in [-0.39, 0.29) is 0 Å². The SMILES string of the molecule is CCN(CCOC)c1ccc(C)cc1CCN. The average molecular weight is 236 g/mol. The zero-order valence-corrected chi connectivity index (χ0v) is 11.2. The van der Waals surface area contributed by atoms with E-state index >= 15 is 0 Å². The van der Waals surface area contributed by atoms with Crippen molar-refractivity contribution in [2.24, 2.45) is 5.73 Å². The second kappa shape index (κ2) is 7.30. The van der Waals surface area contributed by atoms with Crippen LogP contribution >= 0.6 is 0 Å². The molecule has 0 heterocycles. The van der Waals surface area contributed by atoms with Crippen LogP contribution in [0.25, 0.3) is 0 Å². The normalized spacial score (nSPS) is 10.6. The van der Waals surface area contributed by atoms with Gasteiger partial charge in [0, 0.05) is 25.9 Å². The number of nitrogens with zero attached hydrogens (tertiary/aromatic N) is 1. The van der Waals surface area contributed by atoms with Gasteiger partial charge in [0.2, 0.25) is 0 Å². The van der Waals surface area contributed by atoms with E-state index in [4.69, 9.17) is 10.5 Å². The van der Waals surface area contributed by atoms with E-state index in [0.717, 1.165) is 26.1 Å². The third-order valence-electron chi connectivity index (χ3n) is 2.94. The van der Waals surface area contributed by atoms with Gasteiger partial charge < -0.3 is 15.4 Å². The summed E-state index contributed by atoms with van der Waals surface area (Å²) in [6.07, 6.45) is 0.931. The van der Waals surface area contributed by atoms with Crippen LogP contribution in [0.4, 0.5) is 5.69 Å². The Balaban J connectivity index is 2.91. The highest BCUT2D eigenvalue weighted by atomic mass is 16.5. The first-order chi connectivity index (χ1) is 8.22.